The maximum absolute atomic E-state index is 13.3. The van der Waals surface area contributed by atoms with Crippen molar-refractivity contribution in [3.05, 3.63) is 76.4 Å². The molecule has 1 aromatic heterocycles. The van der Waals surface area contributed by atoms with Gasteiger partial charge in [0.15, 0.2) is 5.16 Å². The quantitative estimate of drug-likeness (QED) is 0.377. The number of hydrogen-bond acceptors (Lipinski definition) is 4. The van der Waals surface area contributed by atoms with Crippen LogP contribution in [0, 0.1) is 11.6 Å². The highest BCUT2D eigenvalue weighted by Gasteiger charge is 2.09. The molecule has 0 spiro atoms. The summed E-state index contributed by atoms with van der Waals surface area (Å²) in [6.45, 7) is 1.97. The number of nitrogens with zero attached hydrogens (tertiary/aromatic N) is 2. The number of thioether (sulfide) groups is 1. The molecule has 3 aromatic rings. The Morgan fingerprint density at radius 2 is 1.81 bits per heavy atom. The van der Waals surface area contributed by atoms with Crippen LogP contribution in [0.2, 0.25) is 5.02 Å². The summed E-state index contributed by atoms with van der Waals surface area (Å²) >= 11 is 7.25. The number of hydrogen-bond donors (Lipinski definition) is 0. The van der Waals surface area contributed by atoms with Crippen LogP contribution in [-0.2, 0) is 12.2 Å². The van der Waals surface area contributed by atoms with E-state index in [0.29, 0.717) is 39.5 Å². The fourth-order valence-corrected chi connectivity index (χ4v) is 3.22. The van der Waals surface area contributed by atoms with E-state index in [-0.39, 0.29) is 0 Å². The van der Waals surface area contributed by atoms with Crippen LogP contribution in [0.3, 0.4) is 0 Å². The van der Waals surface area contributed by atoms with Gasteiger partial charge < -0.3 is 4.74 Å². The maximum atomic E-state index is 13.3. The SMILES string of the molecule is CCc1cc(Oc2cccc(Cl)c2)nc(SCc2cc(F)cc(F)c2)n1. The Balaban J connectivity index is 1.78. The number of rotatable bonds is 6. The minimum Gasteiger partial charge on any atom is -0.439 e. The number of aryl methyl sites for hydroxylation is 1. The van der Waals surface area contributed by atoms with Crippen LogP contribution in [0.25, 0.3) is 0 Å². The maximum Gasteiger partial charge on any atom is 0.223 e. The summed E-state index contributed by atoms with van der Waals surface area (Å²) in [6.07, 6.45) is 0.705. The largest absolute Gasteiger partial charge is 0.439 e. The van der Waals surface area contributed by atoms with Crippen molar-refractivity contribution < 1.29 is 13.5 Å². The second-order valence-corrected chi connectivity index (χ2v) is 6.84. The first-order valence-corrected chi connectivity index (χ1v) is 9.27. The van der Waals surface area contributed by atoms with Gasteiger partial charge in [-0.15, -0.1) is 0 Å². The van der Waals surface area contributed by atoms with E-state index in [0.717, 1.165) is 11.8 Å². The van der Waals surface area contributed by atoms with Crippen molar-refractivity contribution in [3.63, 3.8) is 0 Å². The highest BCUT2D eigenvalue weighted by Crippen LogP contribution is 2.27. The average Bonchev–Trinajstić information content (AvgIpc) is 2.59. The lowest BCUT2D eigenvalue weighted by atomic mass is 10.2. The topological polar surface area (TPSA) is 35.0 Å². The van der Waals surface area contributed by atoms with E-state index >= 15 is 0 Å². The van der Waals surface area contributed by atoms with Gasteiger partial charge in [-0.25, -0.2) is 13.8 Å². The smallest absolute Gasteiger partial charge is 0.223 e. The van der Waals surface area contributed by atoms with Crippen molar-refractivity contribution in [3.8, 4) is 11.6 Å². The molecule has 0 bridgehead atoms. The van der Waals surface area contributed by atoms with E-state index in [1.165, 1.54) is 23.9 Å². The predicted molar refractivity (Wildman–Crippen MR) is 98.9 cm³/mol. The van der Waals surface area contributed by atoms with Crippen molar-refractivity contribution >= 4 is 23.4 Å². The Hall–Kier alpha value is -2.18. The molecule has 1 heterocycles. The average molecular weight is 393 g/mol. The number of aromatic nitrogens is 2. The molecule has 7 heteroatoms. The Bertz CT molecular complexity index is 904. The molecule has 0 saturated carbocycles. The van der Waals surface area contributed by atoms with Crippen molar-refractivity contribution in [2.75, 3.05) is 0 Å². The summed E-state index contributed by atoms with van der Waals surface area (Å²) in [6, 6.07) is 12.2. The summed E-state index contributed by atoms with van der Waals surface area (Å²) in [4.78, 5) is 8.79. The molecule has 3 rings (SSSR count). The molecule has 2 aromatic carbocycles. The first-order chi connectivity index (χ1) is 12.5. The number of benzene rings is 2. The lowest BCUT2D eigenvalue weighted by Crippen LogP contribution is -1.97. The third kappa shape index (κ3) is 5.16. The molecular weight excluding hydrogens is 378 g/mol. The highest BCUT2D eigenvalue weighted by atomic mass is 35.5. The van der Waals surface area contributed by atoms with E-state index < -0.39 is 11.6 Å². The Kier molecular flexibility index (Phi) is 6.06. The molecule has 0 amide bonds. The molecular formula is C19H15ClF2N2OS. The van der Waals surface area contributed by atoms with Crippen LogP contribution in [0.1, 0.15) is 18.2 Å². The second-order valence-electron chi connectivity index (χ2n) is 5.46. The molecule has 26 heavy (non-hydrogen) atoms. The summed E-state index contributed by atoms with van der Waals surface area (Å²) in [5, 5.41) is 1.04. The molecule has 0 aliphatic carbocycles. The summed E-state index contributed by atoms with van der Waals surface area (Å²) in [7, 11) is 0. The molecule has 3 nitrogen and oxygen atoms in total. The van der Waals surface area contributed by atoms with Crippen molar-refractivity contribution in [1.29, 1.82) is 0 Å². The first kappa shape index (κ1) is 18.6. The van der Waals surface area contributed by atoms with Crippen LogP contribution in [0.5, 0.6) is 11.6 Å². The molecule has 0 aliphatic heterocycles. The summed E-state index contributed by atoms with van der Waals surface area (Å²) in [5.74, 6) is 0.106. The van der Waals surface area contributed by atoms with Crippen LogP contribution in [-0.4, -0.2) is 9.97 Å². The molecule has 0 saturated heterocycles. The Labute approximate surface area is 159 Å². The standard InChI is InChI=1S/C19H15ClF2N2OS/c1-2-16-10-18(25-17-5-3-4-13(20)8-17)24-19(23-16)26-11-12-6-14(21)9-15(22)7-12/h3-10H,2,11H2,1H3. The molecule has 134 valence electrons. The van der Waals surface area contributed by atoms with Gasteiger partial charge in [-0.2, -0.15) is 4.98 Å². The number of ether oxygens (including phenoxy) is 1. The Morgan fingerprint density at radius 1 is 1.04 bits per heavy atom. The van der Waals surface area contributed by atoms with Gasteiger partial charge in [0.25, 0.3) is 0 Å². The van der Waals surface area contributed by atoms with E-state index in [1.54, 1.807) is 30.3 Å². The second kappa shape index (κ2) is 8.47. The van der Waals surface area contributed by atoms with Crippen molar-refractivity contribution in [2.24, 2.45) is 0 Å². The fraction of sp³-hybridized carbons (Fsp3) is 0.158. The summed E-state index contributed by atoms with van der Waals surface area (Å²) < 4.78 is 32.4. The zero-order valence-electron chi connectivity index (χ0n) is 13.9. The van der Waals surface area contributed by atoms with E-state index in [9.17, 15) is 8.78 Å². The van der Waals surface area contributed by atoms with Gasteiger partial charge in [-0.05, 0) is 42.3 Å². The first-order valence-electron chi connectivity index (χ1n) is 7.91. The van der Waals surface area contributed by atoms with E-state index in [1.807, 2.05) is 6.92 Å². The normalized spacial score (nSPS) is 10.8. The lowest BCUT2D eigenvalue weighted by molar-refractivity contribution is 0.454. The predicted octanol–water partition coefficient (Wildman–Crippen LogP) is 6.06. The van der Waals surface area contributed by atoms with Crippen LogP contribution < -0.4 is 4.74 Å². The van der Waals surface area contributed by atoms with Crippen molar-refractivity contribution in [1.82, 2.24) is 9.97 Å². The van der Waals surface area contributed by atoms with Gasteiger partial charge in [0.05, 0.1) is 0 Å². The summed E-state index contributed by atoms with van der Waals surface area (Å²) in [5.41, 5.74) is 1.33. The molecule has 0 radical (unpaired) electrons. The minimum atomic E-state index is -0.603. The van der Waals surface area contributed by atoms with Crippen LogP contribution in [0.15, 0.2) is 53.7 Å². The van der Waals surface area contributed by atoms with E-state index in [2.05, 4.69) is 9.97 Å². The van der Waals surface area contributed by atoms with Gasteiger partial charge in [0.1, 0.15) is 17.4 Å². The highest BCUT2D eigenvalue weighted by molar-refractivity contribution is 7.98. The zero-order valence-corrected chi connectivity index (χ0v) is 15.5. The van der Waals surface area contributed by atoms with Gasteiger partial charge in [-0.3, -0.25) is 0 Å². The molecule has 0 atom stereocenters. The van der Waals surface area contributed by atoms with E-state index in [4.69, 9.17) is 16.3 Å². The van der Waals surface area contributed by atoms with Gasteiger partial charge >= 0.3 is 0 Å². The third-order valence-electron chi connectivity index (χ3n) is 3.41. The molecule has 0 aliphatic rings. The van der Waals surface area contributed by atoms with Gasteiger partial charge in [-0.1, -0.05) is 36.4 Å². The van der Waals surface area contributed by atoms with Crippen LogP contribution >= 0.6 is 23.4 Å². The van der Waals surface area contributed by atoms with Crippen LogP contribution in [0.4, 0.5) is 8.78 Å². The molecule has 0 N–H and O–H groups in total. The Morgan fingerprint density at radius 3 is 2.50 bits per heavy atom. The van der Waals surface area contributed by atoms with Gasteiger partial charge in [0.2, 0.25) is 5.88 Å². The van der Waals surface area contributed by atoms with Crippen molar-refractivity contribution in [2.45, 2.75) is 24.3 Å². The zero-order chi connectivity index (χ0) is 18.5. The number of halogens is 3. The minimum absolute atomic E-state index is 0.346. The fourth-order valence-electron chi connectivity index (χ4n) is 2.24. The van der Waals surface area contributed by atoms with Gasteiger partial charge in [0, 0.05) is 28.6 Å². The molecule has 0 unspecified atom stereocenters. The molecule has 0 fully saturated rings. The monoisotopic (exact) mass is 392 g/mol. The third-order valence-corrected chi connectivity index (χ3v) is 4.56. The lowest BCUT2D eigenvalue weighted by Gasteiger charge is -2.09.